The van der Waals surface area contributed by atoms with Crippen molar-refractivity contribution in [3.05, 3.63) is 23.1 Å². The van der Waals surface area contributed by atoms with E-state index in [1.807, 2.05) is 5.32 Å². The van der Waals surface area contributed by atoms with Crippen LogP contribution in [0.3, 0.4) is 0 Å². The van der Waals surface area contributed by atoms with Crippen molar-refractivity contribution in [1.82, 2.24) is 0 Å². The summed E-state index contributed by atoms with van der Waals surface area (Å²) in [5, 5.41) is 1.53. The quantitative estimate of drug-likeness (QED) is 0.505. The molecule has 0 aliphatic heterocycles. The number of hydrogen-bond donors (Lipinski definition) is 1. The molecular formula is C16H12F7NO4S. The molecule has 2 rings (SSSR count). The van der Waals surface area contributed by atoms with E-state index in [1.54, 1.807) is 0 Å². The molecule has 1 aromatic heterocycles. The maximum atomic E-state index is 14.1. The number of thiophene rings is 1. The topological polar surface area (TPSA) is 64.6 Å². The van der Waals surface area contributed by atoms with Gasteiger partial charge in [0.1, 0.15) is 4.88 Å². The van der Waals surface area contributed by atoms with Gasteiger partial charge in [0.2, 0.25) is 5.91 Å². The van der Waals surface area contributed by atoms with E-state index < -0.39 is 46.9 Å². The molecule has 2 aromatic rings. The molecule has 0 bridgehead atoms. The molecule has 0 aliphatic rings. The molecule has 1 heterocycles. The third kappa shape index (κ3) is 4.38. The number of hydrogen-bond acceptors (Lipinski definition) is 5. The Morgan fingerprint density at radius 1 is 1.07 bits per heavy atom. The Kier molecular flexibility index (Phi) is 6.02. The normalized spacial score (nSPS) is 12.7. The summed E-state index contributed by atoms with van der Waals surface area (Å²) < 4.78 is 100. The zero-order valence-corrected chi connectivity index (χ0v) is 15.4. The molecule has 0 saturated heterocycles. The van der Waals surface area contributed by atoms with Crippen LogP contribution < -0.4 is 10.1 Å². The van der Waals surface area contributed by atoms with Gasteiger partial charge in [-0.25, -0.2) is 4.79 Å². The SMILES string of the molecule is CCOC(=O)c1cc2c(OC(F)(C(F)(F)F)C(F)(F)F)c(NC(C)=O)ccc2s1. The van der Waals surface area contributed by atoms with Crippen molar-refractivity contribution in [3.63, 3.8) is 0 Å². The Labute approximate surface area is 162 Å². The van der Waals surface area contributed by atoms with Crippen LogP contribution in [0.15, 0.2) is 18.2 Å². The van der Waals surface area contributed by atoms with Gasteiger partial charge >= 0.3 is 24.2 Å². The maximum Gasteiger partial charge on any atom is 0.470 e. The molecule has 0 fully saturated rings. The van der Waals surface area contributed by atoms with Gasteiger partial charge in [0.05, 0.1) is 12.3 Å². The van der Waals surface area contributed by atoms with Crippen molar-refractivity contribution in [2.24, 2.45) is 0 Å². The lowest BCUT2D eigenvalue weighted by atomic mass is 10.2. The standard InChI is InChI=1S/C16H12F7NO4S/c1-3-27-13(26)11-6-8-10(29-11)5-4-9(24-7(2)25)12(8)28-14(17,15(18,19)20)16(21,22)23/h4-6H,3H2,1-2H3,(H,24,25). The summed E-state index contributed by atoms with van der Waals surface area (Å²) in [6, 6.07) is 3.03. The highest BCUT2D eigenvalue weighted by Gasteiger charge is 2.76. The van der Waals surface area contributed by atoms with Gasteiger partial charge < -0.3 is 14.8 Å². The molecule has 1 aromatic carbocycles. The van der Waals surface area contributed by atoms with Crippen molar-refractivity contribution in [1.29, 1.82) is 0 Å². The van der Waals surface area contributed by atoms with Crippen molar-refractivity contribution >= 4 is 39.0 Å². The summed E-state index contributed by atoms with van der Waals surface area (Å²) in [4.78, 5) is 22.9. The highest BCUT2D eigenvalue weighted by molar-refractivity contribution is 7.20. The van der Waals surface area contributed by atoms with Crippen molar-refractivity contribution in [3.8, 4) is 5.75 Å². The van der Waals surface area contributed by atoms with Crippen LogP contribution in [0.5, 0.6) is 5.75 Å². The number of carbonyl (C=O) groups excluding carboxylic acids is 2. The van der Waals surface area contributed by atoms with E-state index in [9.17, 15) is 40.3 Å². The van der Waals surface area contributed by atoms with E-state index in [1.165, 1.54) is 13.0 Å². The second-order valence-corrected chi connectivity index (χ2v) is 6.64. The second-order valence-electron chi connectivity index (χ2n) is 5.56. The Morgan fingerprint density at radius 3 is 2.14 bits per heavy atom. The van der Waals surface area contributed by atoms with Gasteiger partial charge in [-0.2, -0.15) is 30.7 Å². The smallest absolute Gasteiger partial charge is 0.462 e. The van der Waals surface area contributed by atoms with Crippen LogP contribution >= 0.6 is 11.3 Å². The summed E-state index contributed by atoms with van der Waals surface area (Å²) in [7, 11) is 0. The first-order valence-corrected chi connectivity index (χ1v) is 8.55. The number of nitrogens with one attached hydrogen (secondary N) is 1. The molecule has 0 unspecified atom stereocenters. The van der Waals surface area contributed by atoms with Gasteiger partial charge in [-0.15, -0.1) is 11.3 Å². The first kappa shape index (κ1) is 22.7. The molecule has 1 amide bonds. The van der Waals surface area contributed by atoms with E-state index in [-0.39, 0.29) is 16.2 Å². The van der Waals surface area contributed by atoms with Gasteiger partial charge in [-0.3, -0.25) is 4.79 Å². The number of rotatable bonds is 5. The van der Waals surface area contributed by atoms with E-state index in [0.29, 0.717) is 11.3 Å². The highest BCUT2D eigenvalue weighted by Crippen LogP contribution is 2.50. The number of halogens is 7. The minimum absolute atomic E-state index is 0.00357. The lowest BCUT2D eigenvalue weighted by Gasteiger charge is -2.31. The minimum Gasteiger partial charge on any atom is -0.462 e. The molecule has 0 spiro atoms. The average molecular weight is 447 g/mol. The van der Waals surface area contributed by atoms with Gasteiger partial charge in [0.25, 0.3) is 0 Å². The third-order valence-corrected chi connectivity index (χ3v) is 4.49. The van der Waals surface area contributed by atoms with Crippen molar-refractivity contribution in [2.45, 2.75) is 32.1 Å². The number of benzene rings is 1. The van der Waals surface area contributed by atoms with Crippen LogP contribution in [-0.2, 0) is 9.53 Å². The first-order chi connectivity index (χ1) is 13.2. The van der Waals surface area contributed by atoms with Crippen LogP contribution in [0.1, 0.15) is 23.5 Å². The molecule has 0 aliphatic carbocycles. The number of fused-ring (bicyclic) bond motifs is 1. The maximum absolute atomic E-state index is 14.1. The predicted octanol–water partition coefficient (Wildman–Crippen LogP) is 5.21. The van der Waals surface area contributed by atoms with Crippen LogP contribution in [0.2, 0.25) is 0 Å². The lowest BCUT2D eigenvalue weighted by Crippen LogP contribution is -2.57. The summed E-state index contributed by atoms with van der Waals surface area (Å²) in [6.07, 6.45) is -13.0. The van der Waals surface area contributed by atoms with Gasteiger partial charge in [-0.05, 0) is 25.1 Å². The zero-order chi connectivity index (χ0) is 22.2. The number of esters is 1. The number of anilines is 1. The highest BCUT2D eigenvalue weighted by atomic mass is 32.1. The average Bonchev–Trinajstić information content (AvgIpc) is 2.99. The Morgan fingerprint density at radius 2 is 1.66 bits per heavy atom. The lowest BCUT2D eigenvalue weighted by molar-refractivity contribution is -0.405. The fraction of sp³-hybridized carbons (Fsp3) is 0.375. The largest absolute Gasteiger partial charge is 0.470 e. The molecule has 0 saturated carbocycles. The van der Waals surface area contributed by atoms with Gasteiger partial charge in [0, 0.05) is 17.0 Å². The molecule has 0 radical (unpaired) electrons. The number of carbonyl (C=O) groups is 2. The molecule has 0 atom stereocenters. The van der Waals surface area contributed by atoms with E-state index in [4.69, 9.17) is 4.74 Å². The molecule has 13 heteroatoms. The summed E-state index contributed by atoms with van der Waals surface area (Å²) in [6.45, 7) is 2.38. The van der Waals surface area contributed by atoms with Gasteiger partial charge in [0.15, 0.2) is 5.75 Å². The second kappa shape index (κ2) is 7.69. The zero-order valence-electron chi connectivity index (χ0n) is 14.6. The Balaban J connectivity index is 2.72. The van der Waals surface area contributed by atoms with E-state index >= 15 is 0 Å². The van der Waals surface area contributed by atoms with Crippen LogP contribution in [0.25, 0.3) is 10.1 Å². The van der Waals surface area contributed by atoms with E-state index in [0.717, 1.165) is 19.1 Å². The molecular weight excluding hydrogens is 435 g/mol. The van der Waals surface area contributed by atoms with Crippen LogP contribution in [0, 0.1) is 0 Å². The summed E-state index contributed by atoms with van der Waals surface area (Å²) >= 11 is 0.676. The van der Waals surface area contributed by atoms with Crippen molar-refractivity contribution in [2.75, 3.05) is 11.9 Å². The molecule has 160 valence electrons. The summed E-state index contributed by atoms with van der Waals surface area (Å²) in [5.74, 6) is -9.05. The van der Waals surface area contributed by atoms with Crippen LogP contribution in [0.4, 0.5) is 36.4 Å². The van der Waals surface area contributed by atoms with Gasteiger partial charge in [-0.1, -0.05) is 0 Å². The first-order valence-electron chi connectivity index (χ1n) is 7.74. The Bertz CT molecular complexity index is 922. The monoisotopic (exact) mass is 447 g/mol. The van der Waals surface area contributed by atoms with E-state index in [2.05, 4.69) is 4.74 Å². The predicted molar refractivity (Wildman–Crippen MR) is 88.7 cm³/mol. The fourth-order valence-electron chi connectivity index (χ4n) is 2.20. The third-order valence-electron chi connectivity index (χ3n) is 3.41. The number of alkyl halides is 7. The Hall–Kier alpha value is -2.57. The number of amides is 1. The minimum atomic E-state index is -6.49. The fourth-order valence-corrected chi connectivity index (χ4v) is 3.16. The number of ether oxygens (including phenoxy) is 2. The van der Waals surface area contributed by atoms with Crippen LogP contribution in [-0.4, -0.2) is 36.7 Å². The molecule has 5 nitrogen and oxygen atoms in total. The molecule has 1 N–H and O–H groups in total. The molecule has 29 heavy (non-hydrogen) atoms. The summed E-state index contributed by atoms with van der Waals surface area (Å²) in [5.41, 5.74) is -0.645. The van der Waals surface area contributed by atoms with Crippen molar-refractivity contribution < 1.29 is 49.8 Å².